The van der Waals surface area contributed by atoms with Crippen LogP contribution in [0.1, 0.15) is 24.5 Å². The van der Waals surface area contributed by atoms with Crippen LogP contribution in [0.5, 0.6) is 0 Å². The van der Waals surface area contributed by atoms with Crippen molar-refractivity contribution in [2.75, 3.05) is 16.8 Å². The van der Waals surface area contributed by atoms with Crippen LogP contribution in [0.25, 0.3) is 0 Å². The number of aryl methyl sites for hydroxylation is 1. The van der Waals surface area contributed by atoms with E-state index in [9.17, 15) is 4.79 Å². The first-order valence-corrected chi connectivity index (χ1v) is 7.42. The Labute approximate surface area is 125 Å². The summed E-state index contributed by atoms with van der Waals surface area (Å²) in [5.74, 6) is -0.0214. The molecule has 2 aromatic rings. The Morgan fingerprint density at radius 2 is 2.00 bits per heavy atom. The first-order chi connectivity index (χ1) is 10.2. The first kappa shape index (κ1) is 13.7. The van der Waals surface area contributed by atoms with E-state index < -0.39 is 0 Å². The quantitative estimate of drug-likeness (QED) is 0.931. The summed E-state index contributed by atoms with van der Waals surface area (Å²) in [6, 6.07) is 16.8. The average Bonchev–Trinajstić information content (AvgIpc) is 2.48. The number of nitrogens with zero attached hydrogens (tertiary/aromatic N) is 1. The molecule has 1 aliphatic heterocycles. The summed E-state index contributed by atoms with van der Waals surface area (Å²) >= 11 is 0. The zero-order valence-electron chi connectivity index (χ0n) is 12.3. The van der Waals surface area contributed by atoms with Gasteiger partial charge < -0.3 is 10.2 Å². The number of anilines is 2. The number of hydrogen-bond acceptors (Lipinski definition) is 2. The van der Waals surface area contributed by atoms with Gasteiger partial charge in [0.05, 0.1) is 0 Å². The molecule has 3 nitrogen and oxygen atoms in total. The second-order valence-corrected chi connectivity index (χ2v) is 5.54. The summed E-state index contributed by atoms with van der Waals surface area (Å²) in [4.78, 5) is 13.6. The number of carbonyl (C=O) groups excluding carboxylic acids is 1. The molecule has 108 valence electrons. The molecule has 0 bridgehead atoms. The Kier molecular flexibility index (Phi) is 3.91. The fourth-order valence-electron chi connectivity index (χ4n) is 2.92. The number of carbonyl (C=O) groups is 1. The van der Waals surface area contributed by atoms with E-state index >= 15 is 0 Å². The van der Waals surface area contributed by atoms with Crippen LogP contribution in [-0.4, -0.2) is 12.5 Å². The van der Waals surface area contributed by atoms with E-state index in [-0.39, 0.29) is 5.91 Å². The van der Waals surface area contributed by atoms with Gasteiger partial charge in [-0.25, -0.2) is 0 Å². The summed E-state index contributed by atoms with van der Waals surface area (Å²) in [6.07, 6.45) is 2.23. The van der Waals surface area contributed by atoms with Gasteiger partial charge in [-0.2, -0.15) is 0 Å². The Morgan fingerprint density at radius 3 is 2.76 bits per heavy atom. The van der Waals surface area contributed by atoms with Crippen LogP contribution in [0, 0.1) is 0 Å². The summed E-state index contributed by atoms with van der Waals surface area (Å²) in [5.41, 5.74) is 4.83. The Morgan fingerprint density at radius 1 is 1.19 bits per heavy atom. The SMILES string of the molecule is CC(=O)Nc1ccc2c(c1)CCCN2Cc1ccccc1. The highest BCUT2D eigenvalue weighted by atomic mass is 16.1. The Bertz CT molecular complexity index is 637. The minimum Gasteiger partial charge on any atom is -0.367 e. The zero-order valence-corrected chi connectivity index (χ0v) is 12.3. The summed E-state index contributed by atoms with van der Waals surface area (Å²) in [5, 5.41) is 2.86. The lowest BCUT2D eigenvalue weighted by atomic mass is 10.00. The topological polar surface area (TPSA) is 32.3 Å². The predicted octanol–water partition coefficient (Wildman–Crippen LogP) is 3.60. The van der Waals surface area contributed by atoms with Gasteiger partial charge in [-0.3, -0.25) is 4.79 Å². The number of hydrogen-bond donors (Lipinski definition) is 1. The molecule has 1 amide bonds. The van der Waals surface area contributed by atoms with Crippen molar-refractivity contribution in [2.45, 2.75) is 26.3 Å². The van der Waals surface area contributed by atoms with Crippen molar-refractivity contribution in [2.24, 2.45) is 0 Å². The normalized spacial score (nSPS) is 13.7. The van der Waals surface area contributed by atoms with Gasteiger partial charge >= 0.3 is 0 Å². The molecule has 0 spiro atoms. The lowest BCUT2D eigenvalue weighted by Gasteiger charge is -2.31. The minimum absolute atomic E-state index is 0.0214. The van der Waals surface area contributed by atoms with E-state index in [1.165, 1.54) is 16.8 Å². The molecule has 0 fully saturated rings. The smallest absolute Gasteiger partial charge is 0.221 e. The van der Waals surface area contributed by atoms with Crippen LogP contribution in [0.15, 0.2) is 48.5 Å². The van der Waals surface area contributed by atoms with E-state index in [1.807, 2.05) is 12.1 Å². The first-order valence-electron chi connectivity index (χ1n) is 7.42. The number of nitrogens with one attached hydrogen (secondary N) is 1. The molecule has 1 N–H and O–H groups in total. The Balaban J connectivity index is 1.83. The van der Waals surface area contributed by atoms with Gasteiger partial charge in [0.15, 0.2) is 0 Å². The second kappa shape index (κ2) is 6.00. The fraction of sp³-hybridized carbons (Fsp3) is 0.278. The summed E-state index contributed by atoms with van der Waals surface area (Å²) < 4.78 is 0. The van der Waals surface area contributed by atoms with Crippen molar-refractivity contribution in [1.82, 2.24) is 0 Å². The van der Waals surface area contributed by atoms with E-state index in [0.717, 1.165) is 31.6 Å². The lowest BCUT2D eigenvalue weighted by molar-refractivity contribution is -0.114. The van der Waals surface area contributed by atoms with E-state index in [0.29, 0.717) is 0 Å². The van der Waals surface area contributed by atoms with Crippen LogP contribution >= 0.6 is 0 Å². The average molecular weight is 280 g/mol. The molecule has 0 saturated heterocycles. The standard InChI is InChI=1S/C18H20N2O/c1-14(21)19-17-9-10-18-16(12-17)8-5-11-20(18)13-15-6-3-2-4-7-15/h2-4,6-7,9-10,12H,5,8,11,13H2,1H3,(H,19,21). The number of benzene rings is 2. The summed E-state index contributed by atoms with van der Waals surface area (Å²) in [6.45, 7) is 3.57. The molecule has 0 radical (unpaired) electrons. The largest absolute Gasteiger partial charge is 0.367 e. The van der Waals surface area contributed by atoms with Crippen molar-refractivity contribution in [3.63, 3.8) is 0 Å². The lowest BCUT2D eigenvalue weighted by Crippen LogP contribution is -2.28. The number of rotatable bonds is 3. The van der Waals surface area contributed by atoms with Gasteiger partial charge in [0.2, 0.25) is 5.91 Å². The van der Waals surface area contributed by atoms with E-state index in [4.69, 9.17) is 0 Å². The van der Waals surface area contributed by atoms with Crippen LogP contribution in [-0.2, 0) is 17.8 Å². The van der Waals surface area contributed by atoms with Crippen molar-refractivity contribution >= 4 is 17.3 Å². The predicted molar refractivity (Wildman–Crippen MR) is 86.6 cm³/mol. The summed E-state index contributed by atoms with van der Waals surface area (Å²) in [7, 11) is 0. The molecule has 0 unspecified atom stereocenters. The van der Waals surface area contributed by atoms with Crippen molar-refractivity contribution in [3.05, 3.63) is 59.7 Å². The van der Waals surface area contributed by atoms with E-state index in [1.54, 1.807) is 6.92 Å². The maximum absolute atomic E-state index is 11.2. The highest BCUT2D eigenvalue weighted by Crippen LogP contribution is 2.30. The monoisotopic (exact) mass is 280 g/mol. The molecule has 3 rings (SSSR count). The third-order valence-electron chi connectivity index (χ3n) is 3.83. The molecule has 0 aromatic heterocycles. The molecule has 0 aliphatic carbocycles. The fourth-order valence-corrected chi connectivity index (χ4v) is 2.92. The third kappa shape index (κ3) is 3.24. The number of amides is 1. The molecule has 1 heterocycles. The zero-order chi connectivity index (χ0) is 14.7. The highest BCUT2D eigenvalue weighted by molar-refractivity contribution is 5.89. The molecular weight excluding hydrogens is 260 g/mol. The molecule has 3 heteroatoms. The van der Waals surface area contributed by atoms with Gasteiger partial charge in [-0.05, 0) is 42.2 Å². The molecule has 0 saturated carbocycles. The van der Waals surface area contributed by atoms with Crippen molar-refractivity contribution in [1.29, 1.82) is 0 Å². The molecule has 21 heavy (non-hydrogen) atoms. The maximum Gasteiger partial charge on any atom is 0.221 e. The maximum atomic E-state index is 11.2. The molecule has 1 aliphatic rings. The molecule has 0 atom stereocenters. The van der Waals surface area contributed by atoms with Crippen LogP contribution in [0.4, 0.5) is 11.4 Å². The van der Waals surface area contributed by atoms with Gasteiger partial charge in [-0.15, -0.1) is 0 Å². The van der Waals surface area contributed by atoms with Crippen LogP contribution in [0.3, 0.4) is 0 Å². The van der Waals surface area contributed by atoms with Gasteiger partial charge in [0, 0.05) is 31.4 Å². The van der Waals surface area contributed by atoms with Crippen LogP contribution in [0.2, 0.25) is 0 Å². The Hall–Kier alpha value is -2.29. The minimum atomic E-state index is -0.0214. The highest BCUT2D eigenvalue weighted by Gasteiger charge is 2.17. The van der Waals surface area contributed by atoms with Crippen LogP contribution < -0.4 is 10.2 Å². The number of fused-ring (bicyclic) bond motifs is 1. The van der Waals surface area contributed by atoms with E-state index in [2.05, 4.69) is 46.6 Å². The third-order valence-corrected chi connectivity index (χ3v) is 3.83. The van der Waals surface area contributed by atoms with Crippen molar-refractivity contribution < 1.29 is 4.79 Å². The van der Waals surface area contributed by atoms with Gasteiger partial charge in [-0.1, -0.05) is 30.3 Å². The second-order valence-electron chi connectivity index (χ2n) is 5.54. The molecule has 2 aromatic carbocycles. The molecular formula is C18H20N2O. The van der Waals surface area contributed by atoms with Gasteiger partial charge in [0.25, 0.3) is 0 Å². The van der Waals surface area contributed by atoms with Crippen molar-refractivity contribution in [3.8, 4) is 0 Å². The van der Waals surface area contributed by atoms with Gasteiger partial charge in [0.1, 0.15) is 0 Å².